The monoisotopic (exact) mass is 341 g/mol. The first-order chi connectivity index (χ1) is 12.8. The Morgan fingerprint density at radius 3 is 2.00 bits per heavy atom. The van der Waals surface area contributed by atoms with Crippen LogP contribution >= 0.6 is 0 Å². The lowest BCUT2D eigenvalue weighted by molar-refractivity contribution is 0.432. The Hall–Kier alpha value is -3.27. The van der Waals surface area contributed by atoms with Gasteiger partial charge < -0.3 is 4.52 Å². The minimum atomic E-state index is 0.498. The molecule has 2 aromatic carbocycles. The van der Waals surface area contributed by atoms with Crippen molar-refractivity contribution >= 4 is 0 Å². The van der Waals surface area contributed by atoms with E-state index < -0.39 is 0 Å². The van der Waals surface area contributed by atoms with Gasteiger partial charge in [-0.1, -0.05) is 67.0 Å². The molecular weight excluding hydrogens is 322 g/mol. The lowest BCUT2D eigenvalue weighted by Crippen LogP contribution is -1.85. The highest BCUT2D eigenvalue weighted by Gasteiger charge is 2.10. The second-order valence-corrected chi connectivity index (χ2v) is 6.18. The van der Waals surface area contributed by atoms with E-state index in [0.29, 0.717) is 11.7 Å². The third-order valence-electron chi connectivity index (χ3n) is 4.32. The second kappa shape index (κ2) is 7.31. The van der Waals surface area contributed by atoms with Gasteiger partial charge in [0.25, 0.3) is 5.89 Å². The van der Waals surface area contributed by atoms with E-state index >= 15 is 0 Å². The molecule has 2 aromatic heterocycles. The molecule has 0 atom stereocenters. The standard InChI is InChI=1S/C22H19N3O/c1-2-3-16-4-6-17(7-5-16)18-8-10-19(11-9-18)21-24-22(26-25-21)20-12-14-23-15-13-20/h4-15H,2-3H2,1H3. The van der Waals surface area contributed by atoms with Gasteiger partial charge in [-0.05, 0) is 35.2 Å². The van der Waals surface area contributed by atoms with Gasteiger partial charge in [-0.2, -0.15) is 4.98 Å². The van der Waals surface area contributed by atoms with Crippen molar-refractivity contribution in [3.63, 3.8) is 0 Å². The summed E-state index contributed by atoms with van der Waals surface area (Å²) in [4.78, 5) is 8.48. The molecule has 0 bridgehead atoms. The number of rotatable bonds is 5. The molecule has 0 fully saturated rings. The molecule has 4 nitrogen and oxygen atoms in total. The second-order valence-electron chi connectivity index (χ2n) is 6.18. The summed E-state index contributed by atoms with van der Waals surface area (Å²) in [6, 6.07) is 20.7. The van der Waals surface area contributed by atoms with Crippen LogP contribution in [-0.2, 0) is 6.42 Å². The topological polar surface area (TPSA) is 51.8 Å². The van der Waals surface area contributed by atoms with E-state index in [1.165, 1.54) is 23.1 Å². The fourth-order valence-corrected chi connectivity index (χ4v) is 2.92. The minimum absolute atomic E-state index is 0.498. The molecule has 0 N–H and O–H groups in total. The van der Waals surface area contributed by atoms with Gasteiger partial charge in [0, 0.05) is 23.5 Å². The Balaban J connectivity index is 1.55. The van der Waals surface area contributed by atoms with Gasteiger partial charge in [0.15, 0.2) is 0 Å². The van der Waals surface area contributed by atoms with Crippen molar-refractivity contribution in [2.75, 3.05) is 0 Å². The van der Waals surface area contributed by atoms with E-state index in [1.807, 2.05) is 24.3 Å². The number of benzene rings is 2. The number of aryl methyl sites for hydroxylation is 1. The molecule has 0 amide bonds. The van der Waals surface area contributed by atoms with Crippen molar-refractivity contribution in [1.82, 2.24) is 15.1 Å². The van der Waals surface area contributed by atoms with E-state index in [2.05, 4.69) is 58.4 Å². The first-order valence-corrected chi connectivity index (χ1v) is 8.77. The highest BCUT2D eigenvalue weighted by molar-refractivity contribution is 5.68. The quantitative estimate of drug-likeness (QED) is 0.486. The molecule has 128 valence electrons. The normalized spacial score (nSPS) is 10.8. The van der Waals surface area contributed by atoms with Crippen molar-refractivity contribution in [1.29, 1.82) is 0 Å². The third kappa shape index (κ3) is 3.40. The highest BCUT2D eigenvalue weighted by Crippen LogP contribution is 2.25. The molecule has 4 rings (SSSR count). The van der Waals surface area contributed by atoms with Gasteiger partial charge in [0.05, 0.1) is 0 Å². The number of hydrogen-bond donors (Lipinski definition) is 0. The average Bonchev–Trinajstić information content (AvgIpc) is 3.20. The average molecular weight is 341 g/mol. The van der Waals surface area contributed by atoms with E-state index in [9.17, 15) is 0 Å². The maximum atomic E-state index is 5.37. The fraction of sp³-hybridized carbons (Fsp3) is 0.136. The Bertz CT molecular complexity index is 974. The van der Waals surface area contributed by atoms with Crippen LogP contribution in [0.15, 0.2) is 77.6 Å². The zero-order chi connectivity index (χ0) is 17.8. The van der Waals surface area contributed by atoms with Crippen molar-refractivity contribution in [2.24, 2.45) is 0 Å². The van der Waals surface area contributed by atoms with Gasteiger partial charge in [0.2, 0.25) is 5.82 Å². The smallest absolute Gasteiger partial charge is 0.258 e. The van der Waals surface area contributed by atoms with Crippen LogP contribution in [0.4, 0.5) is 0 Å². The molecule has 4 heteroatoms. The third-order valence-corrected chi connectivity index (χ3v) is 4.32. The molecule has 0 saturated heterocycles. The highest BCUT2D eigenvalue weighted by atomic mass is 16.5. The molecule has 4 aromatic rings. The molecule has 0 aliphatic carbocycles. The Labute approximate surface area is 152 Å². The molecule has 0 saturated carbocycles. The minimum Gasteiger partial charge on any atom is -0.334 e. The van der Waals surface area contributed by atoms with Gasteiger partial charge in [-0.25, -0.2) is 0 Å². The summed E-state index contributed by atoms with van der Waals surface area (Å²) in [6.45, 7) is 2.20. The first kappa shape index (κ1) is 16.2. The van der Waals surface area contributed by atoms with Crippen LogP contribution in [0.5, 0.6) is 0 Å². The lowest BCUT2D eigenvalue weighted by atomic mass is 10.0. The number of nitrogens with zero attached hydrogens (tertiary/aromatic N) is 3. The zero-order valence-electron chi connectivity index (χ0n) is 14.6. The van der Waals surface area contributed by atoms with Crippen molar-refractivity contribution in [2.45, 2.75) is 19.8 Å². The summed E-state index contributed by atoms with van der Waals surface area (Å²) in [6.07, 6.45) is 5.71. The largest absolute Gasteiger partial charge is 0.334 e. The van der Waals surface area contributed by atoms with Crippen molar-refractivity contribution in [3.8, 4) is 34.0 Å². The first-order valence-electron chi connectivity index (χ1n) is 8.77. The molecule has 2 heterocycles. The van der Waals surface area contributed by atoms with E-state index in [4.69, 9.17) is 4.52 Å². The predicted molar refractivity (Wildman–Crippen MR) is 102 cm³/mol. The Morgan fingerprint density at radius 2 is 1.35 bits per heavy atom. The number of aromatic nitrogens is 3. The molecular formula is C22H19N3O. The van der Waals surface area contributed by atoms with E-state index in [-0.39, 0.29) is 0 Å². The van der Waals surface area contributed by atoms with Crippen LogP contribution in [0.25, 0.3) is 34.0 Å². The van der Waals surface area contributed by atoms with Crippen molar-refractivity contribution in [3.05, 3.63) is 78.6 Å². The van der Waals surface area contributed by atoms with E-state index in [0.717, 1.165) is 17.5 Å². The Morgan fingerprint density at radius 1 is 0.731 bits per heavy atom. The van der Waals surface area contributed by atoms with Gasteiger partial charge >= 0.3 is 0 Å². The van der Waals surface area contributed by atoms with Crippen LogP contribution < -0.4 is 0 Å². The van der Waals surface area contributed by atoms with Gasteiger partial charge in [0.1, 0.15) is 0 Å². The number of pyridine rings is 1. The summed E-state index contributed by atoms with van der Waals surface area (Å²) >= 11 is 0. The maximum Gasteiger partial charge on any atom is 0.258 e. The summed E-state index contributed by atoms with van der Waals surface area (Å²) in [5, 5.41) is 4.09. The molecule has 0 radical (unpaired) electrons. The molecule has 0 aliphatic heterocycles. The predicted octanol–water partition coefficient (Wildman–Crippen LogP) is 5.42. The van der Waals surface area contributed by atoms with Crippen LogP contribution in [0, 0.1) is 0 Å². The molecule has 0 spiro atoms. The van der Waals surface area contributed by atoms with Crippen LogP contribution in [0.1, 0.15) is 18.9 Å². The van der Waals surface area contributed by atoms with Crippen LogP contribution in [-0.4, -0.2) is 15.1 Å². The van der Waals surface area contributed by atoms with Gasteiger partial charge in [-0.15, -0.1) is 0 Å². The molecule has 0 aliphatic rings. The zero-order valence-corrected chi connectivity index (χ0v) is 14.6. The number of hydrogen-bond acceptors (Lipinski definition) is 4. The Kier molecular flexibility index (Phi) is 4.56. The summed E-state index contributed by atoms with van der Waals surface area (Å²) in [7, 11) is 0. The molecule has 26 heavy (non-hydrogen) atoms. The van der Waals surface area contributed by atoms with E-state index in [1.54, 1.807) is 12.4 Å². The summed E-state index contributed by atoms with van der Waals surface area (Å²) < 4.78 is 5.37. The fourth-order valence-electron chi connectivity index (χ4n) is 2.92. The van der Waals surface area contributed by atoms with Crippen LogP contribution in [0.2, 0.25) is 0 Å². The van der Waals surface area contributed by atoms with Crippen LogP contribution in [0.3, 0.4) is 0 Å². The van der Waals surface area contributed by atoms with Crippen molar-refractivity contribution < 1.29 is 4.52 Å². The van der Waals surface area contributed by atoms with Gasteiger partial charge in [-0.3, -0.25) is 4.98 Å². The molecule has 0 unspecified atom stereocenters. The summed E-state index contributed by atoms with van der Waals surface area (Å²) in [5.74, 6) is 1.08. The summed E-state index contributed by atoms with van der Waals surface area (Å²) in [5.41, 5.74) is 5.56. The SMILES string of the molecule is CCCc1ccc(-c2ccc(-c3noc(-c4ccncc4)n3)cc2)cc1. The maximum absolute atomic E-state index is 5.37. The lowest BCUT2D eigenvalue weighted by Gasteiger charge is -2.04.